The minimum atomic E-state index is -4.54. The zero-order valence-electron chi connectivity index (χ0n) is 15.3. The van der Waals surface area contributed by atoms with Crippen LogP contribution in [0.25, 0.3) is 0 Å². The average molecular weight is 444 g/mol. The van der Waals surface area contributed by atoms with E-state index in [1.54, 1.807) is 21.7 Å². The van der Waals surface area contributed by atoms with Gasteiger partial charge in [-0.2, -0.15) is 18.3 Å². The maximum Gasteiger partial charge on any atom is 0.416 e. The van der Waals surface area contributed by atoms with Gasteiger partial charge in [-0.05, 0) is 49.0 Å². The molecule has 0 fully saturated rings. The number of aryl methyl sites for hydroxylation is 1. The number of carbonyl (C=O) groups excluding carboxylic acids is 1. The molecule has 0 saturated heterocycles. The van der Waals surface area contributed by atoms with Gasteiger partial charge >= 0.3 is 6.18 Å². The first-order valence-corrected chi connectivity index (χ1v) is 9.48. The minimum Gasteiger partial charge on any atom is -0.323 e. The van der Waals surface area contributed by atoms with Gasteiger partial charge in [-0.25, -0.2) is 9.36 Å². The summed E-state index contributed by atoms with van der Waals surface area (Å²) in [7, 11) is 0. The number of anilines is 1. The molecule has 6 nitrogen and oxygen atoms in total. The molecular weight excluding hydrogens is 427 g/mol. The molecule has 0 saturated carbocycles. The van der Waals surface area contributed by atoms with Crippen LogP contribution in [0.15, 0.2) is 42.7 Å². The molecule has 154 valence electrons. The first-order chi connectivity index (χ1) is 13.7. The van der Waals surface area contributed by atoms with Gasteiger partial charge in [0.2, 0.25) is 10.7 Å². The lowest BCUT2D eigenvalue weighted by molar-refractivity contribution is -0.137. The first kappa shape index (κ1) is 21.1. The maximum atomic E-state index is 12.9. The molecule has 1 N–H and O–H groups in total. The Morgan fingerprint density at radius 2 is 1.97 bits per heavy atom. The van der Waals surface area contributed by atoms with Crippen molar-refractivity contribution >= 4 is 35.4 Å². The highest BCUT2D eigenvalue weighted by Gasteiger charge is 2.31. The van der Waals surface area contributed by atoms with Gasteiger partial charge in [0.05, 0.1) is 16.3 Å². The van der Waals surface area contributed by atoms with Crippen LogP contribution in [0.1, 0.15) is 24.7 Å². The normalized spacial score (nSPS) is 11.6. The zero-order valence-corrected chi connectivity index (χ0v) is 16.9. The van der Waals surface area contributed by atoms with Crippen LogP contribution in [0.3, 0.4) is 0 Å². The van der Waals surface area contributed by atoms with E-state index in [2.05, 4.69) is 10.4 Å². The molecule has 3 rings (SSSR count). The van der Waals surface area contributed by atoms with Gasteiger partial charge in [-0.15, -0.1) is 0 Å². The van der Waals surface area contributed by atoms with Gasteiger partial charge in [-0.1, -0.05) is 18.5 Å². The van der Waals surface area contributed by atoms with Gasteiger partial charge in [0.25, 0.3) is 0 Å². The number of amides is 1. The number of nitrogens with one attached hydrogen (secondary N) is 1. The van der Waals surface area contributed by atoms with Crippen LogP contribution >= 0.6 is 23.8 Å². The van der Waals surface area contributed by atoms with Crippen molar-refractivity contribution in [3.63, 3.8) is 0 Å². The highest BCUT2D eigenvalue weighted by molar-refractivity contribution is 7.71. The lowest BCUT2D eigenvalue weighted by atomic mass is 10.2. The molecule has 1 amide bonds. The van der Waals surface area contributed by atoms with Crippen molar-refractivity contribution < 1.29 is 18.0 Å². The fraction of sp³-hybridized carbons (Fsp3) is 0.278. The van der Waals surface area contributed by atoms with Crippen LogP contribution in [-0.4, -0.2) is 25.0 Å². The van der Waals surface area contributed by atoms with E-state index in [0.717, 1.165) is 24.6 Å². The summed E-state index contributed by atoms with van der Waals surface area (Å²) in [5.74, 6) is 0.0705. The lowest BCUT2D eigenvalue weighted by Gasteiger charge is -2.11. The molecule has 0 radical (unpaired) electrons. The Labute approximate surface area is 174 Å². The number of hydrogen-bond acceptors (Lipinski definition) is 3. The highest BCUT2D eigenvalue weighted by Crippen LogP contribution is 2.33. The van der Waals surface area contributed by atoms with Crippen molar-refractivity contribution in [1.82, 2.24) is 19.1 Å². The van der Waals surface area contributed by atoms with E-state index in [1.165, 1.54) is 4.68 Å². The lowest BCUT2D eigenvalue weighted by Crippen LogP contribution is -2.20. The molecule has 2 aromatic heterocycles. The van der Waals surface area contributed by atoms with Crippen LogP contribution in [0.4, 0.5) is 18.9 Å². The van der Waals surface area contributed by atoms with Crippen molar-refractivity contribution in [2.45, 2.75) is 32.5 Å². The molecule has 0 unspecified atom stereocenters. The summed E-state index contributed by atoms with van der Waals surface area (Å²) in [6.45, 7) is 1.72. The molecule has 3 aromatic rings. The van der Waals surface area contributed by atoms with E-state index in [1.807, 2.05) is 19.1 Å². The molecule has 11 heteroatoms. The van der Waals surface area contributed by atoms with Crippen LogP contribution in [0, 0.1) is 4.77 Å². The Hall–Kier alpha value is -2.59. The molecule has 0 aliphatic rings. The van der Waals surface area contributed by atoms with Crippen molar-refractivity contribution in [2.75, 3.05) is 5.32 Å². The van der Waals surface area contributed by atoms with E-state index < -0.39 is 17.6 Å². The third kappa shape index (κ3) is 4.70. The number of alkyl halides is 3. The molecule has 0 spiro atoms. The summed E-state index contributed by atoms with van der Waals surface area (Å²) in [6, 6.07) is 6.39. The smallest absolute Gasteiger partial charge is 0.323 e. The summed E-state index contributed by atoms with van der Waals surface area (Å²) < 4.78 is 43.8. The van der Waals surface area contributed by atoms with Gasteiger partial charge in [0.1, 0.15) is 6.54 Å². The number of rotatable bonds is 6. The monoisotopic (exact) mass is 443 g/mol. The Bertz CT molecular complexity index is 1070. The summed E-state index contributed by atoms with van der Waals surface area (Å²) in [5, 5.41) is 6.80. The third-order valence-corrected chi connectivity index (χ3v) is 4.75. The Morgan fingerprint density at radius 3 is 2.59 bits per heavy atom. The molecule has 0 aliphatic carbocycles. The van der Waals surface area contributed by atoms with E-state index in [0.29, 0.717) is 12.2 Å². The van der Waals surface area contributed by atoms with Crippen LogP contribution < -0.4 is 5.32 Å². The quantitative estimate of drug-likeness (QED) is 0.557. The van der Waals surface area contributed by atoms with Crippen molar-refractivity contribution in [1.29, 1.82) is 0 Å². The van der Waals surface area contributed by atoms with Crippen LogP contribution in [0.5, 0.6) is 0 Å². The first-order valence-electron chi connectivity index (χ1n) is 8.69. The van der Waals surface area contributed by atoms with Crippen LogP contribution in [-0.2, 0) is 23.9 Å². The number of carbonyl (C=O) groups is 1. The fourth-order valence-corrected chi connectivity index (χ4v) is 3.21. The summed E-state index contributed by atoms with van der Waals surface area (Å²) in [4.78, 5) is 12.4. The van der Waals surface area contributed by atoms with E-state index in [-0.39, 0.29) is 22.0 Å². The van der Waals surface area contributed by atoms with Crippen molar-refractivity contribution in [3.05, 3.63) is 63.9 Å². The summed E-state index contributed by atoms with van der Waals surface area (Å²) >= 11 is 11.4. The van der Waals surface area contributed by atoms with E-state index in [4.69, 9.17) is 23.8 Å². The predicted molar refractivity (Wildman–Crippen MR) is 105 cm³/mol. The second kappa shape index (κ2) is 8.42. The Kier molecular flexibility index (Phi) is 6.13. The number of hydrogen-bond donors (Lipinski definition) is 1. The predicted octanol–water partition coefficient (Wildman–Crippen LogP) is 4.79. The van der Waals surface area contributed by atoms with Crippen molar-refractivity contribution in [2.24, 2.45) is 0 Å². The molecular formula is C18H17ClF3N5OS. The summed E-state index contributed by atoms with van der Waals surface area (Å²) in [5.41, 5.74) is -1.03. The standard InChI is InChI=1S/C18H17ClF3N5OS/c1-2-5-15-24-26(17(29)27(15)25-8-3-4-9-25)11-16(28)23-14-10-12(18(20,21)22)6-7-13(14)19/h3-4,6-10H,2,5,11H2,1H3,(H,23,28). The summed E-state index contributed by atoms with van der Waals surface area (Å²) in [6.07, 6.45) is 0.499. The fourth-order valence-electron chi connectivity index (χ4n) is 2.74. The third-order valence-electron chi connectivity index (χ3n) is 4.04. The molecule has 1 aromatic carbocycles. The van der Waals surface area contributed by atoms with Gasteiger partial charge in [0.15, 0.2) is 5.82 Å². The largest absolute Gasteiger partial charge is 0.416 e. The molecule has 0 aliphatic heterocycles. The second-order valence-electron chi connectivity index (χ2n) is 6.22. The molecule has 29 heavy (non-hydrogen) atoms. The number of aromatic nitrogens is 4. The average Bonchev–Trinajstić information content (AvgIpc) is 3.25. The minimum absolute atomic E-state index is 0.000473. The van der Waals surface area contributed by atoms with E-state index >= 15 is 0 Å². The van der Waals surface area contributed by atoms with Gasteiger partial charge in [0, 0.05) is 18.8 Å². The van der Waals surface area contributed by atoms with Crippen LogP contribution in [0.2, 0.25) is 5.02 Å². The molecule has 0 bridgehead atoms. The highest BCUT2D eigenvalue weighted by atomic mass is 35.5. The van der Waals surface area contributed by atoms with Crippen molar-refractivity contribution in [3.8, 4) is 0 Å². The zero-order chi connectivity index (χ0) is 21.2. The molecule has 2 heterocycles. The second-order valence-corrected chi connectivity index (χ2v) is 6.99. The molecule has 0 atom stereocenters. The van der Waals surface area contributed by atoms with Gasteiger partial charge in [-0.3, -0.25) is 9.47 Å². The Morgan fingerprint density at radius 1 is 1.28 bits per heavy atom. The topological polar surface area (TPSA) is 56.8 Å². The SMILES string of the molecule is CCCc1nn(CC(=O)Nc2cc(C(F)(F)F)ccc2Cl)c(=S)n1-n1cccc1. The van der Waals surface area contributed by atoms with E-state index in [9.17, 15) is 18.0 Å². The Balaban J connectivity index is 1.85. The maximum absolute atomic E-state index is 12.9. The number of benzene rings is 1. The number of nitrogens with zero attached hydrogens (tertiary/aromatic N) is 4. The number of halogens is 4. The van der Waals surface area contributed by atoms with Gasteiger partial charge < -0.3 is 5.32 Å².